The van der Waals surface area contributed by atoms with E-state index in [9.17, 15) is 0 Å². The van der Waals surface area contributed by atoms with Gasteiger partial charge in [0.2, 0.25) is 0 Å². The van der Waals surface area contributed by atoms with E-state index in [0.29, 0.717) is 5.82 Å². The van der Waals surface area contributed by atoms with E-state index in [1.165, 1.54) is 4.88 Å². The molecular formula is C23H17N7S. The zero-order valence-corrected chi connectivity index (χ0v) is 17.7. The van der Waals surface area contributed by atoms with Crippen LogP contribution in [0.15, 0.2) is 55.1 Å². The van der Waals surface area contributed by atoms with Gasteiger partial charge >= 0.3 is 0 Å². The molecule has 6 rings (SSSR count). The summed E-state index contributed by atoms with van der Waals surface area (Å²) in [7, 11) is 0. The van der Waals surface area contributed by atoms with Gasteiger partial charge in [-0.2, -0.15) is 5.10 Å². The van der Waals surface area contributed by atoms with Gasteiger partial charge in [-0.1, -0.05) is 0 Å². The van der Waals surface area contributed by atoms with Gasteiger partial charge in [0.1, 0.15) is 16.9 Å². The second kappa shape index (κ2) is 6.82. The second-order valence-electron chi connectivity index (χ2n) is 7.49. The summed E-state index contributed by atoms with van der Waals surface area (Å²) < 4.78 is 0. The van der Waals surface area contributed by atoms with Gasteiger partial charge in [0, 0.05) is 34.4 Å². The molecule has 150 valence electrons. The van der Waals surface area contributed by atoms with Crippen LogP contribution in [0.5, 0.6) is 0 Å². The van der Waals surface area contributed by atoms with Crippen LogP contribution in [-0.2, 0) is 0 Å². The molecule has 0 atom stereocenters. The first-order valence-electron chi connectivity index (χ1n) is 9.84. The molecule has 0 fully saturated rings. The number of imidazole rings is 1. The molecule has 6 aromatic rings. The highest BCUT2D eigenvalue weighted by atomic mass is 32.1. The molecule has 31 heavy (non-hydrogen) atoms. The van der Waals surface area contributed by atoms with E-state index in [4.69, 9.17) is 4.98 Å². The van der Waals surface area contributed by atoms with Crippen LogP contribution in [0.3, 0.4) is 0 Å². The van der Waals surface area contributed by atoms with Gasteiger partial charge < -0.3 is 4.98 Å². The molecule has 0 aliphatic carbocycles. The number of aromatic nitrogens is 7. The van der Waals surface area contributed by atoms with Crippen LogP contribution in [-0.4, -0.2) is 35.1 Å². The molecule has 0 aliphatic heterocycles. The fourth-order valence-electron chi connectivity index (χ4n) is 3.74. The molecule has 0 saturated carbocycles. The maximum Gasteiger partial charge on any atom is 0.159 e. The third-order valence-corrected chi connectivity index (χ3v) is 6.22. The van der Waals surface area contributed by atoms with Gasteiger partial charge in [0.15, 0.2) is 5.82 Å². The quantitative estimate of drug-likeness (QED) is 0.402. The monoisotopic (exact) mass is 423 g/mol. The van der Waals surface area contributed by atoms with E-state index in [2.05, 4.69) is 55.3 Å². The number of hydrogen-bond donors (Lipinski definition) is 2. The average molecular weight is 424 g/mol. The summed E-state index contributed by atoms with van der Waals surface area (Å²) in [5, 5.41) is 8.55. The first kappa shape index (κ1) is 17.9. The fraction of sp³-hybridized carbons (Fsp3) is 0.0870. The number of pyridine rings is 3. The van der Waals surface area contributed by atoms with Crippen molar-refractivity contribution >= 4 is 33.3 Å². The van der Waals surface area contributed by atoms with Gasteiger partial charge in [-0.25, -0.2) is 4.98 Å². The summed E-state index contributed by atoms with van der Waals surface area (Å²) >= 11 is 1.71. The zero-order valence-electron chi connectivity index (χ0n) is 16.8. The minimum atomic E-state index is 0.697. The Hall–Kier alpha value is -3.91. The third kappa shape index (κ3) is 3.00. The largest absolute Gasteiger partial charge is 0.336 e. The van der Waals surface area contributed by atoms with E-state index >= 15 is 0 Å². The van der Waals surface area contributed by atoms with Crippen LogP contribution in [0, 0.1) is 13.8 Å². The van der Waals surface area contributed by atoms with Crippen LogP contribution in [0.4, 0.5) is 0 Å². The van der Waals surface area contributed by atoms with Crippen LogP contribution in [0.1, 0.15) is 10.4 Å². The number of rotatable bonds is 3. The standard InChI is InChI=1S/C23H17N7S/c1-12-7-14(10-24-9-12)17-8-15-18(11-26-17)29-30-20(15)23-27-16-5-6-25-22(21(16)28-23)19-4-3-13(2)31-19/h3-11H,1-2H3,(H,27,28)(H,29,30). The highest BCUT2D eigenvalue weighted by Gasteiger charge is 2.17. The highest BCUT2D eigenvalue weighted by molar-refractivity contribution is 7.15. The molecule has 8 heteroatoms. The summed E-state index contributed by atoms with van der Waals surface area (Å²) in [6.07, 6.45) is 7.27. The number of nitrogens with one attached hydrogen (secondary N) is 2. The maximum absolute atomic E-state index is 4.88. The topological polar surface area (TPSA) is 96.0 Å². The predicted octanol–water partition coefficient (Wildman–Crippen LogP) is 5.30. The van der Waals surface area contributed by atoms with Crippen molar-refractivity contribution in [1.29, 1.82) is 0 Å². The van der Waals surface area contributed by atoms with E-state index < -0.39 is 0 Å². The van der Waals surface area contributed by atoms with Crippen molar-refractivity contribution in [2.24, 2.45) is 0 Å². The SMILES string of the molecule is Cc1cncc(-c2cc3c(-c4nc5c(-c6ccc(C)s6)nccc5[nH]4)n[nH]c3cn2)c1. The van der Waals surface area contributed by atoms with Crippen molar-refractivity contribution in [2.75, 3.05) is 0 Å². The van der Waals surface area contributed by atoms with Crippen molar-refractivity contribution in [1.82, 2.24) is 35.1 Å². The minimum absolute atomic E-state index is 0.697. The Kier molecular flexibility index (Phi) is 3.94. The lowest BCUT2D eigenvalue weighted by Gasteiger charge is -2.02. The Balaban J connectivity index is 1.51. The van der Waals surface area contributed by atoms with Crippen LogP contribution < -0.4 is 0 Å². The lowest BCUT2D eigenvalue weighted by Crippen LogP contribution is -1.87. The maximum atomic E-state index is 4.88. The lowest BCUT2D eigenvalue weighted by molar-refractivity contribution is 1.10. The molecule has 0 aromatic carbocycles. The molecule has 6 aromatic heterocycles. The van der Waals surface area contributed by atoms with Crippen molar-refractivity contribution in [3.05, 3.63) is 65.6 Å². The van der Waals surface area contributed by atoms with Gasteiger partial charge in [-0.05, 0) is 49.7 Å². The van der Waals surface area contributed by atoms with Crippen LogP contribution in [0.2, 0.25) is 0 Å². The Bertz CT molecular complexity index is 1570. The summed E-state index contributed by atoms with van der Waals surface area (Å²) in [6, 6.07) is 10.2. The highest BCUT2D eigenvalue weighted by Crippen LogP contribution is 2.33. The van der Waals surface area contributed by atoms with E-state index in [1.54, 1.807) is 17.5 Å². The van der Waals surface area contributed by atoms with Crippen molar-refractivity contribution in [3.8, 4) is 33.3 Å². The Morgan fingerprint density at radius 2 is 1.84 bits per heavy atom. The fourth-order valence-corrected chi connectivity index (χ4v) is 4.60. The molecular weight excluding hydrogens is 406 g/mol. The number of aryl methyl sites for hydroxylation is 2. The first-order valence-corrected chi connectivity index (χ1v) is 10.7. The Morgan fingerprint density at radius 3 is 2.68 bits per heavy atom. The number of hydrogen-bond acceptors (Lipinski definition) is 6. The summed E-state index contributed by atoms with van der Waals surface area (Å²) in [5.74, 6) is 0.697. The number of thiophene rings is 1. The normalized spacial score (nSPS) is 11.5. The molecule has 2 N–H and O–H groups in total. The predicted molar refractivity (Wildman–Crippen MR) is 123 cm³/mol. The molecule has 6 heterocycles. The third-order valence-electron chi connectivity index (χ3n) is 5.22. The zero-order chi connectivity index (χ0) is 20.9. The Labute approximate surface area is 181 Å². The summed E-state index contributed by atoms with van der Waals surface area (Å²) in [5.41, 5.74) is 7.17. The number of nitrogens with zero attached hydrogens (tertiary/aromatic N) is 5. The molecule has 0 amide bonds. The second-order valence-corrected chi connectivity index (χ2v) is 8.78. The smallest absolute Gasteiger partial charge is 0.159 e. The molecule has 0 spiro atoms. The van der Waals surface area contributed by atoms with E-state index in [1.807, 2.05) is 37.6 Å². The van der Waals surface area contributed by atoms with Crippen LogP contribution >= 0.6 is 11.3 Å². The van der Waals surface area contributed by atoms with Crippen molar-refractivity contribution in [2.45, 2.75) is 13.8 Å². The molecule has 0 saturated heterocycles. The molecule has 0 bridgehead atoms. The van der Waals surface area contributed by atoms with Gasteiger partial charge in [-0.3, -0.25) is 20.1 Å². The van der Waals surface area contributed by atoms with Gasteiger partial charge in [0.05, 0.1) is 27.8 Å². The minimum Gasteiger partial charge on any atom is -0.336 e. The average Bonchev–Trinajstić information content (AvgIpc) is 3.50. The lowest BCUT2D eigenvalue weighted by atomic mass is 10.1. The van der Waals surface area contributed by atoms with Crippen molar-refractivity contribution in [3.63, 3.8) is 0 Å². The van der Waals surface area contributed by atoms with Gasteiger partial charge in [0.25, 0.3) is 0 Å². The van der Waals surface area contributed by atoms with Gasteiger partial charge in [-0.15, -0.1) is 11.3 Å². The molecule has 0 aliphatic rings. The number of fused-ring (bicyclic) bond motifs is 2. The molecule has 0 radical (unpaired) electrons. The van der Waals surface area contributed by atoms with Crippen LogP contribution in [0.25, 0.3) is 55.3 Å². The van der Waals surface area contributed by atoms with Crippen molar-refractivity contribution < 1.29 is 0 Å². The molecule has 0 unspecified atom stereocenters. The first-order chi connectivity index (χ1) is 15.2. The number of aromatic amines is 2. The summed E-state index contributed by atoms with van der Waals surface area (Å²) in [4.78, 5) is 24.1. The van der Waals surface area contributed by atoms with E-state index in [-0.39, 0.29) is 0 Å². The van der Waals surface area contributed by atoms with E-state index in [0.717, 1.165) is 55.0 Å². The Morgan fingerprint density at radius 1 is 0.903 bits per heavy atom. The summed E-state index contributed by atoms with van der Waals surface area (Å²) in [6.45, 7) is 4.11. The molecule has 7 nitrogen and oxygen atoms in total. The number of H-pyrrole nitrogens is 2.